The number of hydrogen-bond acceptors (Lipinski definition) is 3. The van der Waals surface area contributed by atoms with Gasteiger partial charge < -0.3 is 5.32 Å². The molecule has 0 aliphatic rings. The third-order valence-electron chi connectivity index (χ3n) is 4.17. The van der Waals surface area contributed by atoms with Gasteiger partial charge in [-0.25, -0.2) is 8.42 Å². The van der Waals surface area contributed by atoms with Crippen molar-refractivity contribution in [2.24, 2.45) is 5.92 Å². The Morgan fingerprint density at radius 1 is 1.11 bits per heavy atom. The van der Waals surface area contributed by atoms with Gasteiger partial charge in [-0.1, -0.05) is 55.2 Å². The first-order valence-electron chi connectivity index (χ1n) is 9.03. The summed E-state index contributed by atoms with van der Waals surface area (Å²) in [7, 11) is -3.98. The predicted molar refractivity (Wildman–Crippen MR) is 115 cm³/mol. The van der Waals surface area contributed by atoms with Gasteiger partial charge in [-0.05, 0) is 43.5 Å². The lowest BCUT2D eigenvalue weighted by Crippen LogP contribution is -2.31. The Labute approximate surface area is 176 Å². The second kappa shape index (κ2) is 9.63. The minimum absolute atomic E-state index is 0.0295. The number of benzene rings is 2. The Hall–Kier alpha value is -1.76. The maximum atomic E-state index is 13.2. The standard InChI is InChI=1S/C20H24Cl2N2O3S/c1-4-24(15-8-6-5-7-9-15)28(26,27)19-12-16(17(21)13-18(19)22)20(25)23-11-10-14(2)3/h5-9,12-14H,4,10-11H2,1-3H3,(H,23,25). The van der Waals surface area contributed by atoms with Crippen molar-refractivity contribution < 1.29 is 13.2 Å². The molecule has 0 heterocycles. The molecule has 152 valence electrons. The van der Waals surface area contributed by atoms with Crippen LogP contribution in [0.15, 0.2) is 47.4 Å². The molecule has 28 heavy (non-hydrogen) atoms. The predicted octanol–water partition coefficient (Wildman–Crippen LogP) is 4.98. The minimum Gasteiger partial charge on any atom is -0.352 e. The Morgan fingerprint density at radius 3 is 2.32 bits per heavy atom. The molecule has 0 saturated heterocycles. The molecule has 0 fully saturated rings. The molecule has 2 aromatic carbocycles. The van der Waals surface area contributed by atoms with E-state index >= 15 is 0 Å². The van der Waals surface area contributed by atoms with Crippen LogP contribution in [0.4, 0.5) is 5.69 Å². The Morgan fingerprint density at radius 2 is 1.75 bits per heavy atom. The maximum absolute atomic E-state index is 13.2. The fraction of sp³-hybridized carbons (Fsp3) is 0.350. The van der Waals surface area contributed by atoms with Crippen LogP contribution in [0.3, 0.4) is 0 Å². The van der Waals surface area contributed by atoms with Crippen molar-refractivity contribution in [1.29, 1.82) is 0 Å². The number of carbonyl (C=O) groups excluding carboxylic acids is 1. The van der Waals surface area contributed by atoms with E-state index in [9.17, 15) is 13.2 Å². The van der Waals surface area contributed by atoms with Crippen molar-refractivity contribution in [3.63, 3.8) is 0 Å². The molecule has 2 aromatic rings. The van der Waals surface area contributed by atoms with E-state index in [-0.39, 0.29) is 27.0 Å². The second-order valence-corrected chi connectivity index (χ2v) is 9.35. The number of nitrogens with zero attached hydrogens (tertiary/aromatic N) is 1. The molecule has 0 aliphatic carbocycles. The molecular weight excluding hydrogens is 419 g/mol. The van der Waals surface area contributed by atoms with Crippen LogP contribution in [0.5, 0.6) is 0 Å². The molecular formula is C20H24Cl2N2O3S. The number of halogens is 2. The minimum atomic E-state index is -3.98. The fourth-order valence-electron chi connectivity index (χ4n) is 2.67. The number of anilines is 1. The number of para-hydroxylation sites is 1. The van der Waals surface area contributed by atoms with E-state index < -0.39 is 15.9 Å². The molecule has 0 atom stereocenters. The van der Waals surface area contributed by atoms with E-state index in [1.54, 1.807) is 37.3 Å². The summed E-state index contributed by atoms with van der Waals surface area (Å²) >= 11 is 12.4. The van der Waals surface area contributed by atoms with Crippen molar-refractivity contribution in [2.45, 2.75) is 32.1 Å². The van der Waals surface area contributed by atoms with Crippen LogP contribution in [0.2, 0.25) is 10.0 Å². The van der Waals surface area contributed by atoms with Gasteiger partial charge in [0.05, 0.1) is 21.3 Å². The van der Waals surface area contributed by atoms with Gasteiger partial charge in [-0.3, -0.25) is 9.10 Å². The number of sulfonamides is 1. The number of rotatable bonds is 8. The molecule has 1 amide bonds. The van der Waals surface area contributed by atoms with Crippen LogP contribution in [0, 0.1) is 5.92 Å². The first-order chi connectivity index (χ1) is 13.2. The lowest BCUT2D eigenvalue weighted by molar-refractivity contribution is 0.0952. The van der Waals surface area contributed by atoms with E-state index in [0.29, 0.717) is 18.2 Å². The van der Waals surface area contributed by atoms with Gasteiger partial charge in [0.25, 0.3) is 15.9 Å². The van der Waals surface area contributed by atoms with Crippen LogP contribution in [-0.4, -0.2) is 27.4 Å². The molecule has 0 spiro atoms. The van der Waals surface area contributed by atoms with Crippen molar-refractivity contribution in [2.75, 3.05) is 17.4 Å². The molecule has 2 rings (SSSR count). The zero-order valence-corrected chi connectivity index (χ0v) is 18.4. The summed E-state index contributed by atoms with van der Waals surface area (Å²) in [4.78, 5) is 12.3. The molecule has 0 radical (unpaired) electrons. The van der Waals surface area contributed by atoms with Crippen molar-refractivity contribution in [3.05, 3.63) is 58.1 Å². The largest absolute Gasteiger partial charge is 0.352 e. The number of nitrogens with one attached hydrogen (secondary N) is 1. The quantitative estimate of drug-likeness (QED) is 0.626. The lowest BCUT2D eigenvalue weighted by atomic mass is 10.1. The van der Waals surface area contributed by atoms with Crippen LogP contribution >= 0.6 is 23.2 Å². The number of amides is 1. The van der Waals surface area contributed by atoms with E-state index in [2.05, 4.69) is 19.2 Å². The highest BCUT2D eigenvalue weighted by Gasteiger charge is 2.28. The van der Waals surface area contributed by atoms with Crippen LogP contribution < -0.4 is 9.62 Å². The van der Waals surface area contributed by atoms with Gasteiger partial charge in [-0.15, -0.1) is 0 Å². The van der Waals surface area contributed by atoms with Gasteiger partial charge in [0.1, 0.15) is 4.90 Å². The summed E-state index contributed by atoms with van der Waals surface area (Å²) in [6.07, 6.45) is 0.805. The topological polar surface area (TPSA) is 66.5 Å². The van der Waals surface area contributed by atoms with Gasteiger partial charge in [0.15, 0.2) is 0 Å². The maximum Gasteiger partial charge on any atom is 0.265 e. The zero-order chi connectivity index (χ0) is 20.9. The molecule has 0 saturated carbocycles. The summed E-state index contributed by atoms with van der Waals surface area (Å²) in [6.45, 7) is 6.52. The van der Waals surface area contributed by atoms with Gasteiger partial charge in [0.2, 0.25) is 0 Å². The molecule has 0 aliphatic heterocycles. The first kappa shape index (κ1) is 22.5. The monoisotopic (exact) mass is 442 g/mol. The average molecular weight is 443 g/mol. The highest BCUT2D eigenvalue weighted by Crippen LogP contribution is 2.32. The smallest absolute Gasteiger partial charge is 0.265 e. The molecule has 0 bridgehead atoms. The van der Waals surface area contributed by atoms with E-state index in [0.717, 1.165) is 6.42 Å². The van der Waals surface area contributed by atoms with E-state index in [1.807, 2.05) is 0 Å². The van der Waals surface area contributed by atoms with Gasteiger partial charge in [0, 0.05) is 13.1 Å². The Balaban J connectivity index is 2.43. The highest BCUT2D eigenvalue weighted by atomic mass is 35.5. The fourth-order valence-corrected chi connectivity index (χ4v) is 4.98. The van der Waals surface area contributed by atoms with Crippen LogP contribution in [0.1, 0.15) is 37.6 Å². The van der Waals surface area contributed by atoms with Crippen molar-refractivity contribution in [3.8, 4) is 0 Å². The van der Waals surface area contributed by atoms with Crippen LogP contribution in [-0.2, 0) is 10.0 Å². The Bertz CT molecular complexity index is 932. The third-order valence-corrected chi connectivity index (χ3v) is 6.85. The summed E-state index contributed by atoms with van der Waals surface area (Å²) in [5.74, 6) is 0.00226. The van der Waals surface area contributed by atoms with Crippen molar-refractivity contribution >= 4 is 44.8 Å². The van der Waals surface area contributed by atoms with Gasteiger partial charge in [-0.2, -0.15) is 0 Å². The highest BCUT2D eigenvalue weighted by molar-refractivity contribution is 7.93. The third kappa shape index (κ3) is 5.19. The average Bonchev–Trinajstić information content (AvgIpc) is 2.62. The van der Waals surface area contributed by atoms with E-state index in [1.165, 1.54) is 16.4 Å². The van der Waals surface area contributed by atoms with Gasteiger partial charge >= 0.3 is 0 Å². The number of hydrogen-bond donors (Lipinski definition) is 1. The molecule has 5 nitrogen and oxygen atoms in total. The normalized spacial score (nSPS) is 11.5. The molecule has 1 N–H and O–H groups in total. The second-order valence-electron chi connectivity index (χ2n) is 6.71. The van der Waals surface area contributed by atoms with Crippen molar-refractivity contribution in [1.82, 2.24) is 5.32 Å². The summed E-state index contributed by atoms with van der Waals surface area (Å²) in [5, 5.41) is 2.85. The summed E-state index contributed by atoms with van der Waals surface area (Å²) in [5.41, 5.74) is 0.594. The zero-order valence-electron chi connectivity index (χ0n) is 16.1. The lowest BCUT2D eigenvalue weighted by Gasteiger charge is -2.24. The number of carbonyl (C=O) groups is 1. The molecule has 0 aromatic heterocycles. The SMILES string of the molecule is CCN(c1ccccc1)S(=O)(=O)c1cc(C(=O)NCCC(C)C)c(Cl)cc1Cl. The Kier molecular flexibility index (Phi) is 7.75. The molecule has 8 heteroatoms. The summed E-state index contributed by atoms with van der Waals surface area (Å²) < 4.78 is 27.7. The van der Waals surface area contributed by atoms with Crippen LogP contribution in [0.25, 0.3) is 0 Å². The van der Waals surface area contributed by atoms with E-state index in [4.69, 9.17) is 23.2 Å². The summed E-state index contributed by atoms with van der Waals surface area (Å²) in [6, 6.07) is 11.3. The first-order valence-corrected chi connectivity index (χ1v) is 11.2. The molecule has 0 unspecified atom stereocenters.